The number of carboxylic acids is 1. The summed E-state index contributed by atoms with van der Waals surface area (Å²) in [5, 5.41) is 20.7. The summed E-state index contributed by atoms with van der Waals surface area (Å²) in [4.78, 5) is 82.6. The number of hydrogen-bond donors (Lipinski definition) is 5. The summed E-state index contributed by atoms with van der Waals surface area (Å²) >= 11 is 0. The fourth-order valence-electron chi connectivity index (χ4n) is 6.97. The van der Waals surface area contributed by atoms with Crippen LogP contribution in [0, 0.1) is 17.3 Å². The monoisotopic (exact) mass is 696 g/mol. The molecule has 14 nitrogen and oxygen atoms in total. The Hall–Kier alpha value is -4.62. The maximum Gasteiger partial charge on any atom is 0.410 e. The van der Waals surface area contributed by atoms with Crippen LogP contribution in [-0.4, -0.2) is 101 Å². The quantitative estimate of drug-likeness (QED) is 0.206. The summed E-state index contributed by atoms with van der Waals surface area (Å²) in [5.41, 5.74) is -0.217. The Kier molecular flexibility index (Phi) is 11.8. The molecule has 1 aromatic rings. The predicted octanol–water partition coefficient (Wildman–Crippen LogP) is 2.56. The number of carboxylic acid groups (broad SMARTS) is 1. The van der Waals surface area contributed by atoms with E-state index in [9.17, 15) is 33.9 Å². The summed E-state index contributed by atoms with van der Waals surface area (Å²) in [5.74, 6) is -3.46. The molecule has 2 aliphatic heterocycles. The molecule has 0 bridgehead atoms. The molecule has 6 amide bonds. The van der Waals surface area contributed by atoms with Crippen LogP contribution in [0.15, 0.2) is 36.9 Å². The van der Waals surface area contributed by atoms with Gasteiger partial charge in [-0.15, -0.1) is 6.58 Å². The standard InChI is InChI=1S/C36H52N6O8/c1-8-21(9-2)27(30(44)37-7)38-31(45)28(35(4,5)6)39-29(43)26-17-25(20-42(26)33(48)40-36(32(46)47)18-24(36)10-3)50-34(49)41-16-15-22-13-11-12-14-23(22)19-41/h10-14,21,24-28H,3,8-9,15-20H2,1-2,4-7H3,(H,37,44)(H,38,45)(H,39,43)(H,40,48)(H,46,47)/t24?,25-,26+,27-,28+,36?/m0/s1. The minimum atomic E-state index is -1.56. The molecule has 0 spiro atoms. The SMILES string of the molecule is C=CC1CC1(NC(=O)N1C[C@@H](OC(=O)N2CCc3ccccc3C2)C[C@@H]1C(=O)N[C@H](C(=O)N[C@H](C(=O)NC)C(CC)CC)C(C)(C)C)C(=O)O. The number of fused-ring (bicyclic) bond motifs is 1. The molecule has 0 aromatic heterocycles. The molecular formula is C36H52N6O8. The number of carbonyl (C=O) groups excluding carboxylic acids is 5. The van der Waals surface area contributed by atoms with Crippen molar-refractivity contribution in [3.63, 3.8) is 0 Å². The topological polar surface area (TPSA) is 186 Å². The first-order chi connectivity index (χ1) is 23.6. The molecule has 3 aliphatic rings. The van der Waals surface area contributed by atoms with E-state index in [0.29, 0.717) is 32.4 Å². The molecule has 2 unspecified atom stereocenters. The molecule has 4 rings (SSSR count). The number of likely N-dealkylation sites (tertiary alicyclic amines) is 1. The summed E-state index contributed by atoms with van der Waals surface area (Å²) < 4.78 is 5.85. The number of ether oxygens (including phenoxy) is 1. The number of rotatable bonds is 12. The van der Waals surface area contributed by atoms with E-state index in [1.165, 1.54) is 13.1 Å². The van der Waals surface area contributed by atoms with E-state index in [1.807, 2.05) is 38.1 Å². The highest BCUT2D eigenvalue weighted by atomic mass is 16.6. The maximum atomic E-state index is 14.1. The Morgan fingerprint density at radius 2 is 1.72 bits per heavy atom. The van der Waals surface area contributed by atoms with Crippen LogP contribution in [0.2, 0.25) is 0 Å². The number of likely N-dealkylation sites (N-methyl/N-ethyl adjacent to an activating group) is 1. The predicted molar refractivity (Wildman–Crippen MR) is 185 cm³/mol. The first-order valence-corrected chi connectivity index (χ1v) is 17.4. The molecule has 274 valence electrons. The van der Waals surface area contributed by atoms with Crippen molar-refractivity contribution < 1.29 is 38.6 Å². The average Bonchev–Trinajstić information content (AvgIpc) is 3.65. The van der Waals surface area contributed by atoms with Gasteiger partial charge in [0.1, 0.15) is 29.8 Å². The van der Waals surface area contributed by atoms with Gasteiger partial charge in [0.25, 0.3) is 0 Å². The van der Waals surface area contributed by atoms with Gasteiger partial charge in [-0.2, -0.15) is 0 Å². The minimum Gasteiger partial charge on any atom is -0.479 e. The number of benzene rings is 1. The van der Waals surface area contributed by atoms with Gasteiger partial charge in [0.15, 0.2) is 0 Å². The first kappa shape index (κ1) is 38.2. The molecule has 50 heavy (non-hydrogen) atoms. The molecule has 1 saturated heterocycles. The second-order valence-corrected chi connectivity index (χ2v) is 14.6. The Morgan fingerprint density at radius 1 is 1.06 bits per heavy atom. The van der Waals surface area contributed by atoms with Crippen LogP contribution >= 0.6 is 0 Å². The van der Waals surface area contributed by atoms with E-state index in [1.54, 1.807) is 25.7 Å². The summed E-state index contributed by atoms with van der Waals surface area (Å²) in [6.45, 7) is 13.5. The van der Waals surface area contributed by atoms with Gasteiger partial charge in [0.05, 0.1) is 6.54 Å². The third kappa shape index (κ3) is 8.22. The Morgan fingerprint density at radius 3 is 2.28 bits per heavy atom. The Balaban J connectivity index is 1.55. The molecule has 2 heterocycles. The number of nitrogens with zero attached hydrogens (tertiary/aromatic N) is 2. The van der Waals surface area contributed by atoms with E-state index in [2.05, 4.69) is 27.8 Å². The van der Waals surface area contributed by atoms with Crippen molar-refractivity contribution >= 4 is 35.8 Å². The van der Waals surface area contributed by atoms with Crippen molar-refractivity contribution in [3.8, 4) is 0 Å². The lowest BCUT2D eigenvalue weighted by Gasteiger charge is -2.34. The molecule has 1 aromatic carbocycles. The van der Waals surface area contributed by atoms with Gasteiger partial charge in [0.2, 0.25) is 17.7 Å². The zero-order valence-electron chi connectivity index (χ0n) is 29.9. The van der Waals surface area contributed by atoms with Gasteiger partial charge in [0, 0.05) is 32.5 Å². The summed E-state index contributed by atoms with van der Waals surface area (Å²) in [7, 11) is 1.49. The van der Waals surface area contributed by atoms with Crippen molar-refractivity contribution in [2.24, 2.45) is 17.3 Å². The number of amides is 6. The molecule has 2 fully saturated rings. The second kappa shape index (κ2) is 15.5. The number of nitrogens with one attached hydrogen (secondary N) is 4. The van der Waals surface area contributed by atoms with Crippen molar-refractivity contribution in [1.29, 1.82) is 0 Å². The Labute approximate surface area is 293 Å². The smallest absolute Gasteiger partial charge is 0.410 e. The van der Waals surface area contributed by atoms with Crippen molar-refractivity contribution in [2.45, 2.75) is 103 Å². The summed E-state index contributed by atoms with van der Waals surface area (Å²) in [6.07, 6.45) is 2.00. The highest BCUT2D eigenvalue weighted by Crippen LogP contribution is 2.45. The normalized spacial score (nSPS) is 23.9. The zero-order chi connectivity index (χ0) is 37.0. The minimum absolute atomic E-state index is 0.0759. The molecule has 6 atom stereocenters. The van der Waals surface area contributed by atoms with Gasteiger partial charge >= 0.3 is 18.1 Å². The van der Waals surface area contributed by atoms with Crippen LogP contribution in [0.1, 0.15) is 71.4 Å². The van der Waals surface area contributed by atoms with Gasteiger partial charge in [-0.1, -0.05) is 77.8 Å². The molecule has 14 heteroatoms. The lowest BCUT2D eigenvalue weighted by molar-refractivity contribution is -0.140. The number of aliphatic carboxylic acids is 1. The molecule has 0 radical (unpaired) electrons. The van der Waals surface area contributed by atoms with Crippen LogP contribution in [0.4, 0.5) is 9.59 Å². The van der Waals surface area contributed by atoms with Gasteiger partial charge < -0.3 is 40.9 Å². The largest absolute Gasteiger partial charge is 0.479 e. The highest BCUT2D eigenvalue weighted by molar-refractivity contribution is 5.96. The van der Waals surface area contributed by atoms with Crippen LogP contribution in [-0.2, 0) is 36.9 Å². The molecule has 1 saturated carbocycles. The third-order valence-corrected chi connectivity index (χ3v) is 10.3. The zero-order valence-corrected chi connectivity index (χ0v) is 29.9. The average molecular weight is 697 g/mol. The fraction of sp³-hybridized carbons (Fsp3) is 0.611. The van der Waals surface area contributed by atoms with Crippen LogP contribution in [0.25, 0.3) is 0 Å². The van der Waals surface area contributed by atoms with Crippen LogP contribution in [0.5, 0.6) is 0 Å². The van der Waals surface area contributed by atoms with Crippen molar-refractivity contribution in [2.75, 3.05) is 20.1 Å². The lowest BCUT2D eigenvalue weighted by Crippen LogP contribution is -2.61. The van der Waals surface area contributed by atoms with Crippen molar-refractivity contribution in [3.05, 3.63) is 48.0 Å². The third-order valence-electron chi connectivity index (χ3n) is 10.3. The number of carbonyl (C=O) groups is 6. The second-order valence-electron chi connectivity index (χ2n) is 14.6. The van der Waals surface area contributed by atoms with E-state index in [-0.39, 0.29) is 31.2 Å². The summed E-state index contributed by atoms with van der Waals surface area (Å²) in [6, 6.07) is 3.87. The van der Waals surface area contributed by atoms with E-state index in [0.717, 1.165) is 16.0 Å². The lowest BCUT2D eigenvalue weighted by atomic mass is 9.85. The molecule has 5 N–H and O–H groups in total. The van der Waals surface area contributed by atoms with Crippen molar-refractivity contribution in [1.82, 2.24) is 31.1 Å². The highest BCUT2D eigenvalue weighted by Gasteiger charge is 2.61. The molecule has 1 aliphatic carbocycles. The first-order valence-electron chi connectivity index (χ1n) is 17.4. The number of hydrogen-bond acceptors (Lipinski definition) is 7. The van der Waals surface area contributed by atoms with E-state index in [4.69, 9.17) is 4.74 Å². The number of urea groups is 1. The van der Waals surface area contributed by atoms with Gasteiger partial charge in [-0.25, -0.2) is 14.4 Å². The van der Waals surface area contributed by atoms with Crippen LogP contribution in [0.3, 0.4) is 0 Å². The van der Waals surface area contributed by atoms with Gasteiger partial charge in [-0.3, -0.25) is 14.4 Å². The molecular weight excluding hydrogens is 644 g/mol. The van der Waals surface area contributed by atoms with E-state index < -0.39 is 71.0 Å². The fourth-order valence-corrected chi connectivity index (χ4v) is 6.97. The maximum absolute atomic E-state index is 14.1. The van der Waals surface area contributed by atoms with Gasteiger partial charge in [-0.05, 0) is 35.3 Å². The Bertz CT molecular complexity index is 1490. The van der Waals surface area contributed by atoms with Crippen LogP contribution < -0.4 is 21.3 Å². The van der Waals surface area contributed by atoms with E-state index >= 15 is 0 Å².